The highest BCUT2D eigenvalue weighted by molar-refractivity contribution is 7.07. The van der Waals surface area contributed by atoms with Crippen LogP contribution in [0.15, 0.2) is 112 Å². The Labute approximate surface area is 251 Å². The van der Waals surface area contributed by atoms with Gasteiger partial charge in [0.15, 0.2) is 4.80 Å². The molecule has 0 spiro atoms. The van der Waals surface area contributed by atoms with Crippen LogP contribution < -0.4 is 19.6 Å². The van der Waals surface area contributed by atoms with Crippen LogP contribution >= 0.6 is 34.5 Å². The molecular weight excluding hydrogens is 571 g/mol. The number of ether oxygens (including phenoxy) is 1. The lowest BCUT2D eigenvalue weighted by molar-refractivity contribution is 0.306. The number of benzene rings is 4. The van der Waals surface area contributed by atoms with Crippen LogP contribution in [0.2, 0.25) is 10.0 Å². The number of nitrogens with zero attached hydrogens (tertiary/aromatic N) is 2. The number of allylic oxidation sites excluding steroid dienone is 1. The molecule has 4 aromatic carbocycles. The van der Waals surface area contributed by atoms with E-state index in [1.54, 1.807) is 12.1 Å². The van der Waals surface area contributed by atoms with Crippen molar-refractivity contribution in [2.24, 2.45) is 4.99 Å². The molecule has 0 bridgehead atoms. The van der Waals surface area contributed by atoms with Crippen LogP contribution in [0.5, 0.6) is 5.75 Å². The first-order chi connectivity index (χ1) is 20.0. The lowest BCUT2D eigenvalue weighted by Crippen LogP contribution is -2.38. The molecule has 1 aliphatic heterocycles. The number of rotatable bonds is 5. The maximum Gasteiger partial charge on any atom is 0.271 e. The SMILES string of the molecule is O=c1/c(=C/c2cccc(OCc3ccc(Cl)c(Cl)c3)c2)sc2n1[C@H](c1ccccc1)C1=C(N=2)c2ccccc2CC1. The van der Waals surface area contributed by atoms with Crippen molar-refractivity contribution < 1.29 is 4.74 Å². The summed E-state index contributed by atoms with van der Waals surface area (Å²) in [6.45, 7) is 0.354. The van der Waals surface area contributed by atoms with Gasteiger partial charge >= 0.3 is 0 Å². The topological polar surface area (TPSA) is 43.6 Å². The van der Waals surface area contributed by atoms with Gasteiger partial charge in [-0.05, 0) is 71.0 Å². The van der Waals surface area contributed by atoms with Crippen LogP contribution in [0.3, 0.4) is 0 Å². The Hall–Kier alpha value is -3.90. The van der Waals surface area contributed by atoms with Gasteiger partial charge in [-0.1, -0.05) is 107 Å². The van der Waals surface area contributed by atoms with E-state index >= 15 is 0 Å². The summed E-state index contributed by atoms with van der Waals surface area (Å²) in [5.41, 5.74) is 7.54. The number of halogens is 2. The van der Waals surface area contributed by atoms with Crippen LogP contribution in [-0.2, 0) is 13.0 Å². The van der Waals surface area contributed by atoms with Gasteiger partial charge in [0.2, 0.25) is 0 Å². The van der Waals surface area contributed by atoms with Gasteiger partial charge in [0.05, 0.1) is 26.3 Å². The molecule has 1 aliphatic carbocycles. The molecule has 7 rings (SSSR count). The number of aryl methyl sites for hydroxylation is 1. The van der Waals surface area contributed by atoms with Gasteiger partial charge in [-0.25, -0.2) is 4.99 Å². The van der Waals surface area contributed by atoms with Crippen molar-refractivity contribution >= 4 is 46.3 Å². The molecule has 1 atom stereocenters. The van der Waals surface area contributed by atoms with E-state index in [4.69, 9.17) is 32.9 Å². The van der Waals surface area contributed by atoms with E-state index in [-0.39, 0.29) is 11.6 Å². The molecule has 7 heteroatoms. The monoisotopic (exact) mass is 594 g/mol. The second-order valence-electron chi connectivity index (χ2n) is 10.1. The summed E-state index contributed by atoms with van der Waals surface area (Å²) in [6, 6.07) is 31.8. The largest absolute Gasteiger partial charge is 0.489 e. The number of thiazole rings is 1. The molecule has 2 heterocycles. The van der Waals surface area contributed by atoms with Crippen LogP contribution in [0, 0.1) is 0 Å². The Morgan fingerprint density at radius 1 is 0.902 bits per heavy atom. The zero-order chi connectivity index (χ0) is 27.9. The maximum absolute atomic E-state index is 14.0. The summed E-state index contributed by atoms with van der Waals surface area (Å²) in [4.78, 5) is 19.8. The lowest BCUT2D eigenvalue weighted by Gasteiger charge is -2.30. The van der Waals surface area contributed by atoms with Crippen molar-refractivity contribution in [1.29, 1.82) is 0 Å². The van der Waals surface area contributed by atoms with E-state index in [9.17, 15) is 4.79 Å². The molecule has 5 aromatic rings. The van der Waals surface area contributed by atoms with Crippen molar-refractivity contribution in [2.45, 2.75) is 25.5 Å². The van der Waals surface area contributed by atoms with E-state index in [0.29, 0.717) is 26.9 Å². The molecule has 1 aromatic heterocycles. The summed E-state index contributed by atoms with van der Waals surface area (Å²) in [5.74, 6) is 0.701. The minimum Gasteiger partial charge on any atom is -0.489 e. The predicted molar refractivity (Wildman–Crippen MR) is 166 cm³/mol. The predicted octanol–water partition coefficient (Wildman–Crippen LogP) is 7.20. The third kappa shape index (κ3) is 4.95. The van der Waals surface area contributed by atoms with Crippen molar-refractivity contribution in [2.75, 3.05) is 0 Å². The number of aromatic nitrogens is 1. The Bertz CT molecular complexity index is 2010. The second-order valence-corrected chi connectivity index (χ2v) is 12.0. The van der Waals surface area contributed by atoms with Crippen molar-refractivity contribution in [3.63, 3.8) is 0 Å². The van der Waals surface area contributed by atoms with Gasteiger partial charge in [0.25, 0.3) is 5.56 Å². The average molecular weight is 596 g/mol. The molecule has 41 heavy (non-hydrogen) atoms. The lowest BCUT2D eigenvalue weighted by atomic mass is 9.83. The first-order valence-corrected chi connectivity index (χ1v) is 15.0. The van der Waals surface area contributed by atoms with Crippen LogP contribution in [0.4, 0.5) is 0 Å². The average Bonchev–Trinajstić information content (AvgIpc) is 3.31. The Morgan fingerprint density at radius 3 is 2.59 bits per heavy atom. The van der Waals surface area contributed by atoms with Gasteiger partial charge in [0.1, 0.15) is 12.4 Å². The Kier molecular flexibility index (Phi) is 6.87. The second kappa shape index (κ2) is 10.8. The molecule has 2 aliphatic rings. The fraction of sp³-hybridized carbons (Fsp3) is 0.118. The molecular formula is C34H24Cl2N2O2S. The number of hydrogen-bond acceptors (Lipinski definition) is 4. The van der Waals surface area contributed by atoms with Crippen LogP contribution in [0.1, 0.15) is 40.3 Å². The minimum atomic E-state index is -0.182. The summed E-state index contributed by atoms with van der Waals surface area (Å²) in [7, 11) is 0. The summed E-state index contributed by atoms with van der Waals surface area (Å²) < 4.78 is 8.54. The zero-order valence-electron chi connectivity index (χ0n) is 21.9. The Balaban J connectivity index is 1.29. The van der Waals surface area contributed by atoms with Gasteiger partial charge in [-0.15, -0.1) is 0 Å². The number of hydrogen-bond donors (Lipinski definition) is 0. The minimum absolute atomic E-state index is 0.0323. The summed E-state index contributed by atoms with van der Waals surface area (Å²) in [5, 5.41) is 1.01. The summed E-state index contributed by atoms with van der Waals surface area (Å²) in [6.07, 6.45) is 3.74. The molecule has 4 nitrogen and oxygen atoms in total. The molecule has 0 amide bonds. The zero-order valence-corrected chi connectivity index (χ0v) is 24.2. The van der Waals surface area contributed by atoms with Crippen molar-refractivity contribution in [1.82, 2.24) is 4.57 Å². The molecule has 0 radical (unpaired) electrons. The van der Waals surface area contributed by atoms with Gasteiger partial charge in [0, 0.05) is 5.56 Å². The van der Waals surface area contributed by atoms with Crippen molar-refractivity contribution in [3.8, 4) is 5.75 Å². The Morgan fingerprint density at radius 2 is 1.73 bits per heavy atom. The highest BCUT2D eigenvalue weighted by Crippen LogP contribution is 2.41. The fourth-order valence-corrected chi connectivity index (χ4v) is 6.92. The van der Waals surface area contributed by atoms with Crippen LogP contribution in [0.25, 0.3) is 11.8 Å². The smallest absolute Gasteiger partial charge is 0.271 e. The van der Waals surface area contributed by atoms with Crippen LogP contribution in [-0.4, -0.2) is 4.57 Å². The van der Waals surface area contributed by atoms with Gasteiger partial charge in [-0.3, -0.25) is 9.36 Å². The first-order valence-electron chi connectivity index (χ1n) is 13.4. The van der Waals surface area contributed by atoms with E-state index in [0.717, 1.165) is 40.0 Å². The summed E-state index contributed by atoms with van der Waals surface area (Å²) >= 11 is 13.6. The first kappa shape index (κ1) is 26.0. The van der Waals surface area contributed by atoms with Crippen molar-refractivity contribution in [3.05, 3.63) is 160 Å². The molecule has 0 N–H and O–H groups in total. The molecule has 0 fully saturated rings. The fourth-order valence-electron chi connectivity index (χ4n) is 5.60. The highest BCUT2D eigenvalue weighted by Gasteiger charge is 2.32. The molecule has 202 valence electrons. The maximum atomic E-state index is 14.0. The van der Waals surface area contributed by atoms with Gasteiger partial charge < -0.3 is 4.74 Å². The van der Waals surface area contributed by atoms with E-state index < -0.39 is 0 Å². The van der Waals surface area contributed by atoms with E-state index in [1.165, 1.54) is 28.0 Å². The normalized spacial score (nSPS) is 16.0. The number of fused-ring (bicyclic) bond motifs is 3. The molecule has 0 saturated carbocycles. The molecule has 0 saturated heterocycles. The standard InChI is InChI=1S/C34H24Cl2N2O2S/c35-28-16-13-22(18-29(28)36)20-40-25-11-6-7-21(17-25)19-30-33(39)38-32(24-9-2-1-3-10-24)27-15-14-23-8-4-5-12-26(23)31(27)37-34(38)41-30/h1-13,16-19,32H,14-15,20H2/b30-19-/t32-/m1/s1. The quantitative estimate of drug-likeness (QED) is 0.216. The van der Waals surface area contributed by atoms with E-state index in [1.807, 2.05) is 59.2 Å². The molecule has 0 unspecified atom stereocenters. The third-order valence-corrected chi connectivity index (χ3v) is 9.26. The van der Waals surface area contributed by atoms with Gasteiger partial charge in [-0.2, -0.15) is 0 Å². The van der Waals surface area contributed by atoms with E-state index in [2.05, 4.69) is 36.4 Å². The highest BCUT2D eigenvalue weighted by atomic mass is 35.5. The third-order valence-electron chi connectivity index (χ3n) is 7.53.